The van der Waals surface area contributed by atoms with E-state index in [2.05, 4.69) is 19.3 Å². The summed E-state index contributed by atoms with van der Waals surface area (Å²) in [7, 11) is 0. The van der Waals surface area contributed by atoms with Gasteiger partial charge in [-0.05, 0) is 30.3 Å². The highest BCUT2D eigenvalue weighted by atomic mass is 16.5. The van der Waals surface area contributed by atoms with E-state index in [4.69, 9.17) is 14.5 Å². The van der Waals surface area contributed by atoms with E-state index in [1.165, 1.54) is 6.92 Å². The molecular weight excluding hydrogens is 460 g/mol. The number of carbonyl (C=O) groups excluding carboxylic acids is 1. The van der Waals surface area contributed by atoms with E-state index in [1.807, 2.05) is 36.5 Å². The van der Waals surface area contributed by atoms with E-state index in [9.17, 15) is 9.90 Å². The number of benzene rings is 1. The Morgan fingerprint density at radius 3 is 2.78 bits per heavy atom. The van der Waals surface area contributed by atoms with Crippen molar-refractivity contribution < 1.29 is 19.4 Å². The lowest BCUT2D eigenvalue weighted by Crippen LogP contribution is -2.38. The average molecular weight is 491 g/mol. The number of hydrogen-bond acceptors (Lipinski definition) is 7. The first-order chi connectivity index (χ1) is 17.6. The summed E-state index contributed by atoms with van der Waals surface area (Å²) in [6.07, 6.45) is 3.52. The van der Waals surface area contributed by atoms with Crippen LogP contribution in [0.3, 0.4) is 0 Å². The van der Waals surface area contributed by atoms with Gasteiger partial charge in [0.25, 0.3) is 0 Å². The van der Waals surface area contributed by atoms with Gasteiger partial charge in [-0.25, -0.2) is 9.97 Å². The minimum absolute atomic E-state index is 0.0761. The fraction of sp³-hybridized carbons (Fsp3) is 0.423. The molecule has 5 heterocycles. The zero-order chi connectivity index (χ0) is 24.6. The number of carbonyl (C=O) groups is 1. The van der Waals surface area contributed by atoms with Crippen LogP contribution in [-0.2, 0) is 9.53 Å². The van der Waals surface area contributed by atoms with Crippen molar-refractivity contribution in [2.45, 2.75) is 25.5 Å². The Labute approximate surface area is 208 Å². The van der Waals surface area contributed by atoms with Gasteiger partial charge >= 0.3 is 0 Å². The summed E-state index contributed by atoms with van der Waals surface area (Å²) in [5.74, 6) is 1.46. The lowest BCUT2D eigenvalue weighted by molar-refractivity contribution is -0.130. The van der Waals surface area contributed by atoms with E-state index in [0.717, 1.165) is 72.4 Å². The Kier molecular flexibility index (Phi) is 6.08. The summed E-state index contributed by atoms with van der Waals surface area (Å²) in [6, 6.07) is 9.57. The second-order valence-corrected chi connectivity index (χ2v) is 9.41. The molecule has 1 aromatic carbocycles. The number of aromatic amines is 1. The molecule has 2 saturated heterocycles. The Balaban J connectivity index is 1.31. The number of H-pyrrole nitrogens is 1. The number of β-amino-alcohol motifs (C(OH)–C–C–N with tert-alkyl or cyclic N) is 1. The monoisotopic (exact) mass is 490 g/mol. The average Bonchev–Trinajstić information content (AvgIpc) is 3.61. The van der Waals surface area contributed by atoms with Crippen LogP contribution in [0, 0.1) is 0 Å². The highest BCUT2D eigenvalue weighted by Crippen LogP contribution is 2.37. The number of imidazole rings is 1. The number of likely N-dealkylation sites (tertiary alicyclic amines) is 1. The quantitative estimate of drug-likeness (QED) is 0.427. The molecule has 0 aliphatic carbocycles. The van der Waals surface area contributed by atoms with E-state index in [1.54, 1.807) is 11.1 Å². The predicted octanol–water partition coefficient (Wildman–Crippen LogP) is 2.24. The molecule has 2 aliphatic heterocycles. The van der Waals surface area contributed by atoms with Crippen LogP contribution in [0.4, 0.5) is 0 Å². The molecule has 1 amide bonds. The molecule has 2 atom stereocenters. The molecule has 2 fully saturated rings. The van der Waals surface area contributed by atoms with Crippen LogP contribution in [0.2, 0.25) is 0 Å². The summed E-state index contributed by atoms with van der Waals surface area (Å²) in [5, 5.41) is 10.4. The van der Waals surface area contributed by atoms with Gasteiger partial charge in [0.15, 0.2) is 5.65 Å². The fourth-order valence-electron chi connectivity index (χ4n) is 5.25. The van der Waals surface area contributed by atoms with Crippen LogP contribution >= 0.6 is 0 Å². The molecule has 10 nitrogen and oxygen atoms in total. The summed E-state index contributed by atoms with van der Waals surface area (Å²) < 4.78 is 13.4. The number of nitrogens with zero attached hydrogens (tertiary/aromatic N) is 5. The Morgan fingerprint density at radius 1 is 1.19 bits per heavy atom. The van der Waals surface area contributed by atoms with E-state index < -0.39 is 6.10 Å². The number of rotatable bonds is 6. The number of aliphatic hydroxyl groups is 1. The SMILES string of the molecule is CC(=O)N1CC(O)CC1c1nc(-c2ccc(OCCN3CCOCC3)cc2)c2cnc3[nH]ccc3n12. The number of aliphatic hydroxyl groups excluding tert-OH is 1. The van der Waals surface area contributed by atoms with E-state index in [0.29, 0.717) is 19.6 Å². The molecule has 0 spiro atoms. The van der Waals surface area contributed by atoms with Crippen molar-refractivity contribution >= 4 is 22.6 Å². The van der Waals surface area contributed by atoms with Gasteiger partial charge in [-0.3, -0.25) is 14.1 Å². The van der Waals surface area contributed by atoms with Crippen molar-refractivity contribution in [3.05, 3.63) is 48.5 Å². The smallest absolute Gasteiger partial charge is 0.220 e. The molecule has 4 aromatic rings. The second-order valence-electron chi connectivity index (χ2n) is 9.41. The van der Waals surface area contributed by atoms with E-state index in [-0.39, 0.29) is 11.9 Å². The maximum Gasteiger partial charge on any atom is 0.220 e. The number of aromatic nitrogens is 4. The molecule has 2 unspecified atom stereocenters. The standard InChI is InChI=1S/C26H30N6O4/c1-17(33)31-16-19(34)14-22(31)26-29-24(23-15-28-25-21(32(23)26)6-7-27-25)18-2-4-20(5-3-18)36-13-10-30-8-11-35-12-9-30/h2-7,15,19,22,27,34H,8-14,16H2,1H3. The third-order valence-corrected chi connectivity index (χ3v) is 7.09. The van der Waals surface area contributed by atoms with Gasteiger partial charge in [0.05, 0.1) is 48.3 Å². The van der Waals surface area contributed by atoms with Crippen molar-refractivity contribution in [2.24, 2.45) is 0 Å². The highest BCUT2D eigenvalue weighted by molar-refractivity contribution is 5.84. The summed E-state index contributed by atoms with van der Waals surface area (Å²) in [5.41, 5.74) is 4.19. The van der Waals surface area contributed by atoms with E-state index >= 15 is 0 Å². The first-order valence-electron chi connectivity index (χ1n) is 12.4. The number of nitrogens with one attached hydrogen (secondary N) is 1. The van der Waals surface area contributed by atoms with Crippen LogP contribution in [0.15, 0.2) is 42.7 Å². The topological polar surface area (TPSA) is 108 Å². The number of fused-ring (bicyclic) bond motifs is 3. The predicted molar refractivity (Wildman–Crippen MR) is 134 cm³/mol. The molecule has 36 heavy (non-hydrogen) atoms. The van der Waals surface area contributed by atoms with Crippen molar-refractivity contribution in [1.29, 1.82) is 0 Å². The van der Waals surface area contributed by atoms with Crippen LogP contribution < -0.4 is 4.74 Å². The molecule has 0 radical (unpaired) electrons. The highest BCUT2D eigenvalue weighted by Gasteiger charge is 2.37. The first-order valence-corrected chi connectivity index (χ1v) is 12.4. The molecule has 188 valence electrons. The third-order valence-electron chi connectivity index (χ3n) is 7.09. The lowest BCUT2D eigenvalue weighted by atomic mass is 10.1. The van der Waals surface area contributed by atoms with Crippen LogP contribution in [0.5, 0.6) is 5.75 Å². The maximum absolute atomic E-state index is 12.4. The van der Waals surface area contributed by atoms with Crippen molar-refractivity contribution in [3.63, 3.8) is 0 Å². The molecule has 10 heteroatoms. The summed E-state index contributed by atoms with van der Waals surface area (Å²) >= 11 is 0. The van der Waals surface area contributed by atoms with Gasteiger partial charge in [0, 0.05) is 51.3 Å². The van der Waals surface area contributed by atoms with Gasteiger partial charge < -0.3 is 24.5 Å². The van der Waals surface area contributed by atoms with Gasteiger partial charge in [-0.1, -0.05) is 0 Å². The first kappa shape index (κ1) is 23.0. The number of amides is 1. The molecule has 2 aliphatic rings. The molecule has 6 rings (SSSR count). The summed E-state index contributed by atoms with van der Waals surface area (Å²) in [4.78, 5) is 29.2. The van der Waals surface area contributed by atoms with Crippen LogP contribution in [-0.4, -0.2) is 92.3 Å². The molecule has 0 bridgehead atoms. The Hall–Kier alpha value is -3.47. The molecule has 3 aromatic heterocycles. The maximum atomic E-state index is 12.4. The summed E-state index contributed by atoms with van der Waals surface area (Å²) in [6.45, 7) is 6.79. The Bertz CT molecular complexity index is 1370. The Morgan fingerprint density at radius 2 is 2.00 bits per heavy atom. The number of ether oxygens (including phenoxy) is 2. The molecule has 0 saturated carbocycles. The van der Waals surface area contributed by atoms with Crippen LogP contribution in [0.25, 0.3) is 27.9 Å². The van der Waals surface area contributed by atoms with Crippen LogP contribution in [0.1, 0.15) is 25.2 Å². The zero-order valence-electron chi connectivity index (χ0n) is 20.3. The van der Waals surface area contributed by atoms with Gasteiger partial charge in [-0.2, -0.15) is 0 Å². The third kappa shape index (κ3) is 4.21. The number of morpholine rings is 1. The normalized spacial score (nSPS) is 21.0. The van der Waals surface area contributed by atoms with Crippen molar-refractivity contribution in [2.75, 3.05) is 46.0 Å². The second kappa shape index (κ2) is 9.53. The van der Waals surface area contributed by atoms with Gasteiger partial charge in [-0.15, -0.1) is 0 Å². The van der Waals surface area contributed by atoms with Gasteiger partial charge in [0.1, 0.15) is 18.2 Å². The van der Waals surface area contributed by atoms with Crippen molar-refractivity contribution in [1.82, 2.24) is 29.2 Å². The largest absolute Gasteiger partial charge is 0.492 e. The minimum atomic E-state index is -0.577. The van der Waals surface area contributed by atoms with Crippen molar-refractivity contribution in [3.8, 4) is 17.0 Å². The molecule has 2 N–H and O–H groups in total. The van der Waals surface area contributed by atoms with Gasteiger partial charge in [0.2, 0.25) is 5.91 Å². The zero-order valence-corrected chi connectivity index (χ0v) is 20.3. The minimum Gasteiger partial charge on any atom is -0.492 e. The lowest BCUT2D eigenvalue weighted by Gasteiger charge is -2.26. The molecular formula is C26H30N6O4. The fourth-order valence-corrected chi connectivity index (χ4v) is 5.25. The number of hydrogen-bond donors (Lipinski definition) is 2.